The molecule has 0 saturated carbocycles. The van der Waals surface area contributed by atoms with E-state index in [0.29, 0.717) is 5.92 Å². The molecule has 0 aliphatic rings. The van der Waals surface area contributed by atoms with Crippen LogP contribution < -0.4 is 5.32 Å². The molecule has 1 N–H and O–H groups in total. The molecule has 20 heavy (non-hydrogen) atoms. The fourth-order valence-corrected chi connectivity index (χ4v) is 2.61. The molecule has 1 unspecified atom stereocenters. The lowest BCUT2D eigenvalue weighted by molar-refractivity contribution is -0.384. The fourth-order valence-electron chi connectivity index (χ4n) is 1.92. The Labute approximate surface area is 131 Å². The molecule has 0 aliphatic carbocycles. The number of nitrogens with zero attached hydrogens (tertiary/aromatic N) is 1. The predicted molar refractivity (Wildman–Crippen MR) is 89.2 cm³/mol. The van der Waals surface area contributed by atoms with Gasteiger partial charge in [-0.15, -0.1) is 0 Å². The lowest BCUT2D eigenvalue weighted by atomic mass is 10.0. The largest absolute Gasteiger partial charge is 0.384 e. The van der Waals surface area contributed by atoms with Crippen LogP contribution in [0.15, 0.2) is 48.5 Å². The van der Waals surface area contributed by atoms with E-state index >= 15 is 0 Å². The Balaban J connectivity index is 2.02. The molecular weight excluding hydrogens is 367 g/mol. The Morgan fingerprint density at radius 1 is 1.25 bits per heavy atom. The molecule has 0 heterocycles. The van der Waals surface area contributed by atoms with Crippen molar-refractivity contribution >= 4 is 34.0 Å². The first-order valence-electron chi connectivity index (χ1n) is 6.30. The van der Waals surface area contributed by atoms with Crippen LogP contribution in [-0.4, -0.2) is 11.5 Å². The number of halogens is 1. The van der Waals surface area contributed by atoms with E-state index in [1.54, 1.807) is 12.1 Å². The molecule has 0 radical (unpaired) electrons. The molecule has 0 saturated heterocycles. The number of nitro groups is 1. The summed E-state index contributed by atoms with van der Waals surface area (Å²) in [5, 5.41) is 14.0. The van der Waals surface area contributed by atoms with Crippen LogP contribution in [0.25, 0.3) is 0 Å². The third-order valence-corrected chi connectivity index (χ3v) is 4.02. The standard InChI is InChI=1S/C15H15IN2O2/c1-11(12-5-3-2-4-6-12)10-17-15-8-7-13(18(19)20)9-14(15)16/h2-9,11,17H,10H2,1H3. The maximum atomic E-state index is 10.7. The van der Waals surface area contributed by atoms with Crippen molar-refractivity contribution < 1.29 is 4.92 Å². The van der Waals surface area contributed by atoms with E-state index in [1.165, 1.54) is 11.6 Å². The average molecular weight is 382 g/mol. The minimum absolute atomic E-state index is 0.121. The van der Waals surface area contributed by atoms with Crippen molar-refractivity contribution in [2.45, 2.75) is 12.8 Å². The number of hydrogen-bond donors (Lipinski definition) is 1. The summed E-state index contributed by atoms with van der Waals surface area (Å²) in [5.41, 5.74) is 2.33. The van der Waals surface area contributed by atoms with Gasteiger partial charge in [0.05, 0.1) is 4.92 Å². The van der Waals surface area contributed by atoms with Crippen molar-refractivity contribution in [2.75, 3.05) is 11.9 Å². The van der Waals surface area contributed by atoms with Gasteiger partial charge in [0.2, 0.25) is 0 Å². The first-order valence-corrected chi connectivity index (χ1v) is 7.38. The number of rotatable bonds is 5. The van der Waals surface area contributed by atoms with Crippen molar-refractivity contribution in [1.29, 1.82) is 0 Å². The smallest absolute Gasteiger partial charge is 0.270 e. The normalized spacial score (nSPS) is 11.9. The van der Waals surface area contributed by atoms with Gasteiger partial charge in [-0.3, -0.25) is 10.1 Å². The molecule has 0 aliphatic heterocycles. The highest BCUT2D eigenvalue weighted by molar-refractivity contribution is 14.1. The highest BCUT2D eigenvalue weighted by atomic mass is 127. The van der Waals surface area contributed by atoms with Gasteiger partial charge in [-0.2, -0.15) is 0 Å². The topological polar surface area (TPSA) is 55.2 Å². The Morgan fingerprint density at radius 2 is 1.95 bits per heavy atom. The van der Waals surface area contributed by atoms with Crippen molar-refractivity contribution in [1.82, 2.24) is 0 Å². The summed E-state index contributed by atoms with van der Waals surface area (Å²) in [6.07, 6.45) is 0. The van der Waals surface area contributed by atoms with Crippen LogP contribution in [0.4, 0.5) is 11.4 Å². The lowest BCUT2D eigenvalue weighted by Crippen LogP contribution is -2.10. The molecule has 0 aromatic heterocycles. The van der Waals surface area contributed by atoms with Gasteiger partial charge in [0.15, 0.2) is 0 Å². The summed E-state index contributed by atoms with van der Waals surface area (Å²) in [5.74, 6) is 0.377. The van der Waals surface area contributed by atoms with Crippen LogP contribution in [0.5, 0.6) is 0 Å². The third-order valence-electron chi connectivity index (χ3n) is 3.13. The zero-order chi connectivity index (χ0) is 14.5. The second-order valence-electron chi connectivity index (χ2n) is 4.61. The predicted octanol–water partition coefficient (Wildman–Crippen LogP) is 4.42. The van der Waals surface area contributed by atoms with Crippen LogP contribution in [0.1, 0.15) is 18.4 Å². The maximum Gasteiger partial charge on any atom is 0.270 e. The number of nitrogens with one attached hydrogen (secondary N) is 1. The number of benzene rings is 2. The van der Waals surface area contributed by atoms with E-state index in [4.69, 9.17) is 0 Å². The van der Waals surface area contributed by atoms with E-state index in [9.17, 15) is 10.1 Å². The Kier molecular flexibility index (Phi) is 4.94. The number of hydrogen-bond acceptors (Lipinski definition) is 3. The quantitative estimate of drug-likeness (QED) is 0.473. The summed E-state index contributed by atoms with van der Waals surface area (Å²) in [6, 6.07) is 15.1. The second-order valence-corrected chi connectivity index (χ2v) is 5.78. The molecule has 0 spiro atoms. The van der Waals surface area contributed by atoms with Crippen LogP contribution in [0, 0.1) is 13.7 Å². The first kappa shape index (κ1) is 14.8. The van der Waals surface area contributed by atoms with Gasteiger partial charge in [-0.1, -0.05) is 37.3 Å². The number of nitro benzene ring substituents is 1. The SMILES string of the molecule is CC(CNc1ccc([N+](=O)[O-])cc1I)c1ccccc1. The van der Waals surface area contributed by atoms with Crippen molar-refractivity contribution in [3.63, 3.8) is 0 Å². The van der Waals surface area contributed by atoms with Crippen LogP contribution >= 0.6 is 22.6 Å². The molecule has 104 valence electrons. The van der Waals surface area contributed by atoms with E-state index in [2.05, 4.69) is 47.0 Å². The Bertz CT molecular complexity index is 602. The van der Waals surface area contributed by atoms with Crippen LogP contribution in [-0.2, 0) is 0 Å². The molecule has 0 amide bonds. The molecular formula is C15H15IN2O2. The minimum Gasteiger partial charge on any atom is -0.384 e. The third kappa shape index (κ3) is 3.69. The zero-order valence-electron chi connectivity index (χ0n) is 11.0. The summed E-state index contributed by atoms with van der Waals surface area (Å²) in [7, 11) is 0. The van der Waals surface area contributed by atoms with E-state index in [-0.39, 0.29) is 10.6 Å². The van der Waals surface area contributed by atoms with Crippen LogP contribution in [0.3, 0.4) is 0 Å². The van der Waals surface area contributed by atoms with Gasteiger partial charge < -0.3 is 5.32 Å². The van der Waals surface area contributed by atoms with Gasteiger partial charge in [0.1, 0.15) is 0 Å². The second kappa shape index (κ2) is 6.69. The zero-order valence-corrected chi connectivity index (χ0v) is 13.2. The average Bonchev–Trinajstić information content (AvgIpc) is 2.46. The summed E-state index contributed by atoms with van der Waals surface area (Å²) in [6.45, 7) is 2.94. The Hall–Kier alpha value is -1.63. The molecule has 2 rings (SSSR count). The lowest BCUT2D eigenvalue weighted by Gasteiger charge is -2.15. The number of anilines is 1. The maximum absolute atomic E-state index is 10.7. The summed E-state index contributed by atoms with van der Waals surface area (Å²) in [4.78, 5) is 10.3. The Morgan fingerprint density at radius 3 is 2.55 bits per heavy atom. The summed E-state index contributed by atoms with van der Waals surface area (Å²) < 4.78 is 0.858. The van der Waals surface area contributed by atoms with Crippen LogP contribution in [0.2, 0.25) is 0 Å². The van der Waals surface area contributed by atoms with E-state index in [1.807, 2.05) is 18.2 Å². The molecule has 0 fully saturated rings. The van der Waals surface area contributed by atoms with E-state index in [0.717, 1.165) is 15.8 Å². The molecule has 2 aromatic rings. The minimum atomic E-state index is -0.376. The number of non-ortho nitro benzene ring substituents is 1. The highest BCUT2D eigenvalue weighted by Crippen LogP contribution is 2.24. The molecule has 1 atom stereocenters. The van der Waals surface area contributed by atoms with Gasteiger partial charge >= 0.3 is 0 Å². The van der Waals surface area contributed by atoms with Gasteiger partial charge in [0.25, 0.3) is 5.69 Å². The monoisotopic (exact) mass is 382 g/mol. The van der Waals surface area contributed by atoms with Gasteiger partial charge in [-0.05, 0) is 40.1 Å². The van der Waals surface area contributed by atoms with Gasteiger partial charge in [0, 0.05) is 27.9 Å². The van der Waals surface area contributed by atoms with Crippen molar-refractivity contribution in [3.05, 3.63) is 67.8 Å². The van der Waals surface area contributed by atoms with E-state index < -0.39 is 0 Å². The summed E-state index contributed by atoms with van der Waals surface area (Å²) >= 11 is 2.11. The molecule has 5 heteroatoms. The molecule has 4 nitrogen and oxygen atoms in total. The van der Waals surface area contributed by atoms with Crippen molar-refractivity contribution in [2.24, 2.45) is 0 Å². The van der Waals surface area contributed by atoms with Gasteiger partial charge in [-0.25, -0.2) is 0 Å². The first-order chi connectivity index (χ1) is 9.58. The fraction of sp³-hybridized carbons (Fsp3) is 0.200. The highest BCUT2D eigenvalue weighted by Gasteiger charge is 2.10. The molecule has 0 bridgehead atoms. The van der Waals surface area contributed by atoms with Crippen molar-refractivity contribution in [3.8, 4) is 0 Å². The molecule has 2 aromatic carbocycles.